The van der Waals surface area contributed by atoms with Crippen LogP contribution in [0.3, 0.4) is 0 Å². The smallest absolute Gasteiger partial charge is 0.338 e. The van der Waals surface area contributed by atoms with Crippen molar-refractivity contribution in [2.75, 3.05) is 11.9 Å². The lowest BCUT2D eigenvalue weighted by Crippen LogP contribution is -2.14. The number of ether oxygens (including phenoxy) is 1. The molecule has 0 spiro atoms. The van der Waals surface area contributed by atoms with E-state index in [-0.39, 0.29) is 18.3 Å². The molecule has 2 rings (SSSR count). The Morgan fingerprint density at radius 3 is 2.38 bits per heavy atom. The van der Waals surface area contributed by atoms with E-state index in [2.05, 4.69) is 10.3 Å². The maximum atomic E-state index is 11.9. The first-order valence-electron chi connectivity index (χ1n) is 6.65. The third-order valence-corrected chi connectivity index (χ3v) is 2.79. The Hall–Kier alpha value is -2.69. The number of amides is 1. The number of pyridine rings is 1. The summed E-state index contributed by atoms with van der Waals surface area (Å²) in [6, 6.07) is 10.2. The monoisotopic (exact) mass is 284 g/mol. The van der Waals surface area contributed by atoms with Crippen LogP contribution in [0.25, 0.3) is 0 Å². The second-order valence-electron chi connectivity index (χ2n) is 4.38. The first kappa shape index (κ1) is 14.7. The SMILES string of the molecule is CCOC(=O)c1ccc(NC(=O)Cc2ccncc2)cc1. The van der Waals surface area contributed by atoms with Gasteiger partial charge in [0.15, 0.2) is 0 Å². The van der Waals surface area contributed by atoms with Crippen LogP contribution < -0.4 is 5.32 Å². The van der Waals surface area contributed by atoms with Gasteiger partial charge in [-0.25, -0.2) is 4.79 Å². The summed E-state index contributed by atoms with van der Waals surface area (Å²) in [5.41, 5.74) is 2.00. The summed E-state index contributed by atoms with van der Waals surface area (Å²) in [6.45, 7) is 2.09. The maximum absolute atomic E-state index is 11.9. The summed E-state index contributed by atoms with van der Waals surface area (Å²) in [4.78, 5) is 27.3. The molecule has 0 fully saturated rings. The molecule has 0 aliphatic rings. The van der Waals surface area contributed by atoms with Crippen molar-refractivity contribution in [1.82, 2.24) is 4.98 Å². The molecule has 0 aliphatic carbocycles. The molecule has 21 heavy (non-hydrogen) atoms. The van der Waals surface area contributed by atoms with Gasteiger partial charge in [0, 0.05) is 18.1 Å². The van der Waals surface area contributed by atoms with Gasteiger partial charge in [-0.15, -0.1) is 0 Å². The van der Waals surface area contributed by atoms with E-state index in [0.717, 1.165) is 5.56 Å². The lowest BCUT2D eigenvalue weighted by molar-refractivity contribution is -0.115. The van der Waals surface area contributed by atoms with Crippen LogP contribution in [0.15, 0.2) is 48.8 Å². The minimum absolute atomic E-state index is 0.120. The molecule has 0 bridgehead atoms. The van der Waals surface area contributed by atoms with E-state index in [1.54, 1.807) is 55.7 Å². The van der Waals surface area contributed by atoms with Gasteiger partial charge in [-0.3, -0.25) is 9.78 Å². The van der Waals surface area contributed by atoms with Crippen molar-refractivity contribution in [2.24, 2.45) is 0 Å². The van der Waals surface area contributed by atoms with Gasteiger partial charge in [0.25, 0.3) is 0 Å². The highest BCUT2D eigenvalue weighted by Gasteiger charge is 2.07. The number of aromatic nitrogens is 1. The van der Waals surface area contributed by atoms with Crippen LogP contribution in [-0.4, -0.2) is 23.5 Å². The third kappa shape index (κ3) is 4.42. The molecule has 5 nitrogen and oxygen atoms in total. The van der Waals surface area contributed by atoms with Crippen molar-refractivity contribution in [3.8, 4) is 0 Å². The lowest BCUT2D eigenvalue weighted by Gasteiger charge is -2.06. The molecule has 0 aliphatic heterocycles. The van der Waals surface area contributed by atoms with Gasteiger partial charge in [-0.2, -0.15) is 0 Å². The number of carbonyl (C=O) groups excluding carboxylic acids is 2. The third-order valence-electron chi connectivity index (χ3n) is 2.79. The highest BCUT2D eigenvalue weighted by Crippen LogP contribution is 2.11. The van der Waals surface area contributed by atoms with Crippen molar-refractivity contribution in [3.05, 3.63) is 59.9 Å². The van der Waals surface area contributed by atoms with Crippen LogP contribution in [-0.2, 0) is 16.0 Å². The molecule has 0 unspecified atom stereocenters. The van der Waals surface area contributed by atoms with Gasteiger partial charge >= 0.3 is 5.97 Å². The Bertz CT molecular complexity index is 609. The van der Waals surface area contributed by atoms with Crippen LogP contribution in [0.2, 0.25) is 0 Å². The Labute approximate surface area is 123 Å². The second-order valence-corrected chi connectivity index (χ2v) is 4.38. The van der Waals surface area contributed by atoms with E-state index in [4.69, 9.17) is 4.74 Å². The number of esters is 1. The molecular weight excluding hydrogens is 268 g/mol. The van der Waals surface area contributed by atoms with Crippen LogP contribution in [0.1, 0.15) is 22.8 Å². The molecular formula is C16H16N2O3. The Morgan fingerprint density at radius 1 is 1.10 bits per heavy atom. The Kier molecular flexibility index (Phi) is 5.04. The quantitative estimate of drug-likeness (QED) is 0.856. The standard InChI is InChI=1S/C16H16N2O3/c1-2-21-16(20)13-3-5-14(6-4-13)18-15(19)11-12-7-9-17-10-8-12/h3-10H,2,11H2,1H3,(H,18,19). The van der Waals surface area contributed by atoms with Gasteiger partial charge < -0.3 is 10.1 Å². The van der Waals surface area contributed by atoms with Crippen molar-refractivity contribution in [2.45, 2.75) is 13.3 Å². The molecule has 108 valence electrons. The summed E-state index contributed by atoms with van der Waals surface area (Å²) in [5.74, 6) is -0.489. The highest BCUT2D eigenvalue weighted by molar-refractivity contribution is 5.93. The Morgan fingerprint density at radius 2 is 1.76 bits per heavy atom. The molecule has 0 atom stereocenters. The summed E-state index contributed by atoms with van der Waals surface area (Å²) in [6.07, 6.45) is 3.58. The second kappa shape index (κ2) is 7.19. The average Bonchev–Trinajstić information content (AvgIpc) is 2.49. The van der Waals surface area contributed by atoms with E-state index >= 15 is 0 Å². The van der Waals surface area contributed by atoms with Crippen LogP contribution in [0.4, 0.5) is 5.69 Å². The molecule has 0 saturated heterocycles. The van der Waals surface area contributed by atoms with Crippen LogP contribution in [0.5, 0.6) is 0 Å². The average molecular weight is 284 g/mol. The van der Waals surface area contributed by atoms with Gasteiger partial charge in [0.1, 0.15) is 0 Å². The molecule has 0 saturated carbocycles. The fourth-order valence-electron chi connectivity index (χ4n) is 1.80. The highest BCUT2D eigenvalue weighted by atomic mass is 16.5. The molecule has 1 aromatic carbocycles. The van der Waals surface area contributed by atoms with Gasteiger partial charge in [0.05, 0.1) is 18.6 Å². The van der Waals surface area contributed by atoms with E-state index in [1.165, 1.54) is 0 Å². The zero-order valence-electron chi connectivity index (χ0n) is 11.7. The fraction of sp³-hybridized carbons (Fsp3) is 0.188. The summed E-state index contributed by atoms with van der Waals surface area (Å²) < 4.78 is 4.90. The lowest BCUT2D eigenvalue weighted by atomic mass is 10.1. The topological polar surface area (TPSA) is 68.3 Å². The van der Waals surface area contributed by atoms with Crippen LogP contribution in [0, 0.1) is 0 Å². The van der Waals surface area contributed by atoms with Crippen molar-refractivity contribution < 1.29 is 14.3 Å². The van der Waals surface area contributed by atoms with E-state index in [0.29, 0.717) is 17.9 Å². The summed E-state index contributed by atoms with van der Waals surface area (Å²) in [5, 5.41) is 2.78. The number of nitrogens with one attached hydrogen (secondary N) is 1. The van der Waals surface area contributed by atoms with Crippen molar-refractivity contribution in [3.63, 3.8) is 0 Å². The largest absolute Gasteiger partial charge is 0.462 e. The molecule has 5 heteroatoms. The maximum Gasteiger partial charge on any atom is 0.338 e. The minimum Gasteiger partial charge on any atom is -0.462 e. The zero-order valence-corrected chi connectivity index (χ0v) is 11.7. The van der Waals surface area contributed by atoms with Crippen molar-refractivity contribution >= 4 is 17.6 Å². The number of hydrogen-bond acceptors (Lipinski definition) is 4. The van der Waals surface area contributed by atoms with E-state index < -0.39 is 0 Å². The molecule has 1 aromatic heterocycles. The summed E-state index contributed by atoms with van der Waals surface area (Å²) >= 11 is 0. The number of benzene rings is 1. The van der Waals surface area contributed by atoms with Gasteiger partial charge in [-0.1, -0.05) is 0 Å². The first-order chi connectivity index (χ1) is 10.2. The molecule has 1 N–H and O–H groups in total. The number of nitrogens with zero attached hydrogens (tertiary/aromatic N) is 1. The van der Waals surface area contributed by atoms with Crippen molar-refractivity contribution in [1.29, 1.82) is 0 Å². The van der Waals surface area contributed by atoms with Crippen LogP contribution >= 0.6 is 0 Å². The first-order valence-corrected chi connectivity index (χ1v) is 6.65. The molecule has 1 heterocycles. The normalized spacial score (nSPS) is 9.95. The van der Waals surface area contributed by atoms with Gasteiger partial charge in [-0.05, 0) is 48.9 Å². The minimum atomic E-state index is -0.368. The number of rotatable bonds is 5. The Balaban J connectivity index is 1.94. The van der Waals surface area contributed by atoms with Gasteiger partial charge in [0.2, 0.25) is 5.91 Å². The zero-order chi connectivity index (χ0) is 15.1. The molecule has 0 radical (unpaired) electrons. The number of hydrogen-bond donors (Lipinski definition) is 1. The predicted molar refractivity (Wildman–Crippen MR) is 79.0 cm³/mol. The van der Waals surface area contributed by atoms with E-state index in [9.17, 15) is 9.59 Å². The van der Waals surface area contributed by atoms with E-state index in [1.807, 2.05) is 0 Å². The molecule has 1 amide bonds. The molecule has 2 aromatic rings. The fourth-order valence-corrected chi connectivity index (χ4v) is 1.80. The predicted octanol–water partition coefficient (Wildman–Crippen LogP) is 2.44. The number of anilines is 1. The number of carbonyl (C=O) groups is 2. The summed E-state index contributed by atoms with van der Waals surface area (Å²) in [7, 11) is 0.